The van der Waals surface area contributed by atoms with E-state index in [1.807, 2.05) is 42.5 Å². The maximum Gasteiger partial charge on any atom is 0.118 e. The first-order valence-electron chi connectivity index (χ1n) is 8.22. The van der Waals surface area contributed by atoms with Gasteiger partial charge in [0.2, 0.25) is 0 Å². The van der Waals surface area contributed by atoms with Gasteiger partial charge in [0.15, 0.2) is 0 Å². The molecular formula is C20H20N2O2. The number of nitrogens with zero attached hydrogens (tertiary/aromatic N) is 2. The molecule has 0 unspecified atom stereocenters. The SMILES string of the molecule is COc1ccc(-c2cc(N3CC[C@H](O)C3)c3ccccc3n2)cc1. The Kier molecular flexibility index (Phi) is 3.82. The number of fused-ring (bicyclic) bond motifs is 1. The summed E-state index contributed by atoms with van der Waals surface area (Å²) < 4.78 is 5.24. The van der Waals surface area contributed by atoms with Crippen LogP contribution >= 0.6 is 0 Å². The smallest absolute Gasteiger partial charge is 0.118 e. The molecule has 122 valence electrons. The van der Waals surface area contributed by atoms with E-state index in [2.05, 4.69) is 17.0 Å². The molecule has 2 heterocycles. The molecule has 1 aliphatic rings. The van der Waals surface area contributed by atoms with Gasteiger partial charge in [0.1, 0.15) is 5.75 Å². The maximum absolute atomic E-state index is 9.91. The Hall–Kier alpha value is -2.59. The van der Waals surface area contributed by atoms with Crippen LogP contribution in [0, 0.1) is 0 Å². The molecule has 0 radical (unpaired) electrons. The maximum atomic E-state index is 9.91. The van der Waals surface area contributed by atoms with Crippen molar-refractivity contribution >= 4 is 16.6 Å². The average molecular weight is 320 g/mol. The second-order valence-electron chi connectivity index (χ2n) is 6.16. The predicted molar refractivity (Wildman–Crippen MR) is 96.6 cm³/mol. The molecule has 4 nitrogen and oxygen atoms in total. The van der Waals surface area contributed by atoms with Gasteiger partial charge in [-0.25, -0.2) is 4.98 Å². The van der Waals surface area contributed by atoms with Crippen molar-refractivity contribution in [1.29, 1.82) is 0 Å². The van der Waals surface area contributed by atoms with Crippen molar-refractivity contribution in [3.8, 4) is 17.0 Å². The van der Waals surface area contributed by atoms with Crippen LogP contribution in [-0.4, -0.2) is 36.4 Å². The van der Waals surface area contributed by atoms with Crippen molar-refractivity contribution < 1.29 is 9.84 Å². The van der Waals surface area contributed by atoms with Crippen LogP contribution in [0.3, 0.4) is 0 Å². The van der Waals surface area contributed by atoms with Gasteiger partial charge in [-0.2, -0.15) is 0 Å². The minimum Gasteiger partial charge on any atom is -0.497 e. The normalized spacial score (nSPS) is 17.4. The first kappa shape index (κ1) is 15.0. The fraction of sp³-hybridized carbons (Fsp3) is 0.250. The van der Waals surface area contributed by atoms with Crippen LogP contribution < -0.4 is 9.64 Å². The Morgan fingerprint density at radius 2 is 1.92 bits per heavy atom. The van der Waals surface area contributed by atoms with Crippen LogP contribution in [0.5, 0.6) is 5.75 Å². The van der Waals surface area contributed by atoms with Crippen molar-refractivity contribution in [2.75, 3.05) is 25.1 Å². The Balaban J connectivity index is 1.84. The number of hydrogen-bond acceptors (Lipinski definition) is 4. The van der Waals surface area contributed by atoms with E-state index in [1.54, 1.807) is 7.11 Å². The molecule has 1 aromatic heterocycles. The van der Waals surface area contributed by atoms with Crippen LogP contribution in [0.2, 0.25) is 0 Å². The number of pyridine rings is 1. The minimum atomic E-state index is -0.249. The average Bonchev–Trinajstić information content (AvgIpc) is 3.07. The summed E-state index contributed by atoms with van der Waals surface area (Å²) >= 11 is 0. The molecule has 1 N–H and O–H groups in total. The zero-order chi connectivity index (χ0) is 16.5. The summed E-state index contributed by atoms with van der Waals surface area (Å²) in [5, 5.41) is 11.0. The molecule has 1 atom stereocenters. The number of benzene rings is 2. The summed E-state index contributed by atoms with van der Waals surface area (Å²) in [7, 11) is 1.67. The monoisotopic (exact) mass is 320 g/mol. The van der Waals surface area contributed by atoms with Gasteiger partial charge in [-0.15, -0.1) is 0 Å². The first-order valence-corrected chi connectivity index (χ1v) is 8.22. The van der Waals surface area contributed by atoms with Gasteiger partial charge in [-0.3, -0.25) is 0 Å². The standard InChI is InChI=1S/C20H20N2O2/c1-24-16-8-6-14(7-9-16)19-12-20(22-11-10-15(23)13-22)17-4-2-3-5-18(17)21-19/h2-9,12,15,23H,10-11,13H2,1H3/t15-/m0/s1. The van der Waals surface area contributed by atoms with Gasteiger partial charge >= 0.3 is 0 Å². The zero-order valence-corrected chi connectivity index (χ0v) is 13.6. The molecule has 4 rings (SSSR count). The van der Waals surface area contributed by atoms with Crippen molar-refractivity contribution in [2.24, 2.45) is 0 Å². The Labute approximate surface area is 141 Å². The number of hydrogen-bond donors (Lipinski definition) is 1. The van der Waals surface area contributed by atoms with Crippen LogP contribution in [-0.2, 0) is 0 Å². The van der Waals surface area contributed by atoms with E-state index in [9.17, 15) is 5.11 Å². The number of ether oxygens (including phenoxy) is 1. The number of anilines is 1. The summed E-state index contributed by atoms with van der Waals surface area (Å²) in [5.41, 5.74) is 4.11. The van der Waals surface area contributed by atoms with Gasteiger partial charge in [0.05, 0.1) is 24.4 Å². The highest BCUT2D eigenvalue weighted by Crippen LogP contribution is 2.33. The van der Waals surface area contributed by atoms with E-state index in [0.717, 1.165) is 46.6 Å². The second kappa shape index (κ2) is 6.13. The molecule has 1 saturated heterocycles. The molecule has 2 aromatic carbocycles. The summed E-state index contributed by atoms with van der Waals surface area (Å²) in [6.45, 7) is 1.55. The third-order valence-electron chi connectivity index (χ3n) is 4.58. The fourth-order valence-corrected chi connectivity index (χ4v) is 3.29. The van der Waals surface area contributed by atoms with Crippen molar-refractivity contribution in [2.45, 2.75) is 12.5 Å². The lowest BCUT2D eigenvalue weighted by Crippen LogP contribution is -2.21. The highest BCUT2D eigenvalue weighted by atomic mass is 16.5. The van der Waals surface area contributed by atoms with Crippen molar-refractivity contribution in [3.63, 3.8) is 0 Å². The molecule has 1 aliphatic heterocycles. The number of aromatic nitrogens is 1. The third kappa shape index (κ3) is 2.69. The number of methoxy groups -OCH3 is 1. The van der Waals surface area contributed by atoms with E-state index in [4.69, 9.17) is 9.72 Å². The van der Waals surface area contributed by atoms with E-state index < -0.39 is 0 Å². The molecule has 0 aliphatic carbocycles. The van der Waals surface area contributed by atoms with E-state index in [0.29, 0.717) is 6.54 Å². The highest BCUT2D eigenvalue weighted by Gasteiger charge is 2.22. The summed E-state index contributed by atoms with van der Waals surface area (Å²) in [6, 6.07) is 18.3. The molecule has 1 fully saturated rings. The minimum absolute atomic E-state index is 0.249. The molecule has 0 amide bonds. The molecule has 24 heavy (non-hydrogen) atoms. The summed E-state index contributed by atoms with van der Waals surface area (Å²) in [6.07, 6.45) is 0.565. The van der Waals surface area contributed by atoms with Crippen molar-refractivity contribution in [3.05, 3.63) is 54.6 Å². The molecule has 0 spiro atoms. The van der Waals surface area contributed by atoms with Crippen LogP contribution in [0.15, 0.2) is 54.6 Å². The summed E-state index contributed by atoms with van der Waals surface area (Å²) in [4.78, 5) is 7.07. The van der Waals surface area contributed by atoms with E-state index in [1.165, 1.54) is 0 Å². The van der Waals surface area contributed by atoms with Crippen molar-refractivity contribution in [1.82, 2.24) is 4.98 Å². The molecule has 0 saturated carbocycles. The quantitative estimate of drug-likeness (QED) is 0.802. The zero-order valence-electron chi connectivity index (χ0n) is 13.6. The number of rotatable bonds is 3. The van der Waals surface area contributed by atoms with Gasteiger partial charge in [-0.1, -0.05) is 18.2 Å². The Bertz CT molecular complexity index is 861. The van der Waals surface area contributed by atoms with E-state index >= 15 is 0 Å². The van der Waals surface area contributed by atoms with Gasteiger partial charge in [0.25, 0.3) is 0 Å². The first-order chi connectivity index (χ1) is 11.7. The predicted octanol–water partition coefficient (Wildman–Crippen LogP) is 3.48. The number of aliphatic hydroxyl groups is 1. The van der Waals surface area contributed by atoms with Crippen LogP contribution in [0.4, 0.5) is 5.69 Å². The van der Waals surface area contributed by atoms with Gasteiger partial charge in [-0.05, 0) is 42.8 Å². The Morgan fingerprint density at radius 1 is 1.12 bits per heavy atom. The Morgan fingerprint density at radius 3 is 2.62 bits per heavy atom. The number of aliphatic hydroxyl groups excluding tert-OH is 1. The van der Waals surface area contributed by atoms with Crippen LogP contribution in [0.25, 0.3) is 22.2 Å². The molecule has 4 heteroatoms. The van der Waals surface area contributed by atoms with Gasteiger partial charge < -0.3 is 14.7 Å². The largest absolute Gasteiger partial charge is 0.497 e. The van der Waals surface area contributed by atoms with Gasteiger partial charge in [0, 0.05) is 29.7 Å². The number of β-amino-alcohol motifs (C(OH)–C–C–N with tert-alkyl or cyclic N) is 1. The molecular weight excluding hydrogens is 300 g/mol. The highest BCUT2D eigenvalue weighted by molar-refractivity contribution is 5.94. The lowest BCUT2D eigenvalue weighted by Gasteiger charge is -2.21. The third-order valence-corrected chi connectivity index (χ3v) is 4.58. The van der Waals surface area contributed by atoms with Crippen LogP contribution in [0.1, 0.15) is 6.42 Å². The molecule has 3 aromatic rings. The fourth-order valence-electron chi connectivity index (χ4n) is 3.29. The number of para-hydroxylation sites is 1. The van der Waals surface area contributed by atoms with E-state index in [-0.39, 0.29) is 6.10 Å². The topological polar surface area (TPSA) is 45.6 Å². The lowest BCUT2D eigenvalue weighted by atomic mass is 10.1. The summed E-state index contributed by atoms with van der Waals surface area (Å²) in [5.74, 6) is 0.836. The second-order valence-corrected chi connectivity index (χ2v) is 6.16. The molecule has 0 bridgehead atoms. The lowest BCUT2D eigenvalue weighted by molar-refractivity contribution is 0.198.